The summed E-state index contributed by atoms with van der Waals surface area (Å²) in [6, 6.07) is 77.2. The van der Waals surface area contributed by atoms with Gasteiger partial charge in [-0.15, -0.1) is 11.3 Å². The van der Waals surface area contributed by atoms with Crippen LogP contribution in [0.5, 0.6) is 0 Å². The number of hydrogen-bond acceptors (Lipinski definition) is 4. The Morgan fingerprint density at radius 3 is 1.81 bits per heavy atom. The highest BCUT2D eigenvalue weighted by Crippen LogP contribution is 2.63. The highest BCUT2D eigenvalue weighted by molar-refractivity contribution is 7.25. The van der Waals surface area contributed by atoms with E-state index in [0.29, 0.717) is 11.5 Å². The van der Waals surface area contributed by atoms with Crippen LogP contribution in [0.1, 0.15) is 50.1 Å². The van der Waals surface area contributed by atoms with Crippen molar-refractivity contribution in [3.63, 3.8) is 0 Å². The number of benzene rings is 10. The number of rotatable bonds is 4. The van der Waals surface area contributed by atoms with Crippen molar-refractivity contribution < 1.29 is 4.42 Å². The molecule has 0 saturated heterocycles. The summed E-state index contributed by atoms with van der Waals surface area (Å²) in [5.74, 6) is 0.602. The molecule has 0 N–H and O–H groups in total. The number of nitrogens with zero attached hydrogens (tertiary/aromatic N) is 2. The van der Waals surface area contributed by atoms with Crippen LogP contribution in [-0.2, 0) is 5.41 Å². The Bertz CT molecular complexity index is 4540. The van der Waals surface area contributed by atoms with E-state index >= 15 is 0 Å². The molecular formula is C68H38N2OS. The Labute approximate surface area is 419 Å². The highest BCUT2D eigenvalue weighted by atomic mass is 32.1. The zero-order valence-electron chi connectivity index (χ0n) is 38.7. The fraction of sp³-hybridized carbons (Fsp3) is 0.0147. The van der Waals surface area contributed by atoms with Gasteiger partial charge in [-0.05, 0) is 114 Å². The highest BCUT2D eigenvalue weighted by Gasteiger charge is 2.51. The molecule has 332 valence electrons. The summed E-state index contributed by atoms with van der Waals surface area (Å²) in [5, 5.41) is 4.50. The van der Waals surface area contributed by atoms with Crippen molar-refractivity contribution in [3.05, 3.63) is 281 Å². The molecule has 1 aliphatic heterocycles. The maximum absolute atomic E-state index is 6.63. The van der Waals surface area contributed by atoms with Crippen LogP contribution < -0.4 is 0 Å². The van der Waals surface area contributed by atoms with Gasteiger partial charge in [0, 0.05) is 53.7 Å². The topological polar surface area (TPSA) is 37.9 Å². The van der Waals surface area contributed by atoms with Crippen LogP contribution in [0.2, 0.25) is 0 Å². The standard InChI is InChI=1S/C68H38N2OS/c1-39-42-33-31-40(41-32-34-58-53(37-41)46-17-4-9-27-57(46)68(58)55-25-7-2-15-44(55)45-16-3-8-26-56(45)68)38-54(42)64-43(39)20-12-24-52(64)67-69-59(49-22-14-30-63-65(49)51-19-6-11-29-62(51)72-63)35-36-60(70-67)50-23-13-21-48-47-18-5-10-28-61(47)71-66(48)50/h2-35,37-38H,1H2. The Hall–Kier alpha value is -9.18. The van der Waals surface area contributed by atoms with Crippen molar-refractivity contribution in [2.75, 3.05) is 0 Å². The zero-order valence-corrected chi connectivity index (χ0v) is 39.5. The molecule has 0 unspecified atom stereocenters. The second kappa shape index (κ2) is 14.7. The first-order valence-corrected chi connectivity index (χ1v) is 25.3. The first-order chi connectivity index (χ1) is 35.6. The van der Waals surface area contributed by atoms with Crippen LogP contribution in [-0.4, -0.2) is 11.5 Å². The molecule has 0 bridgehead atoms. The second-order valence-corrected chi connectivity index (χ2v) is 20.3. The molecule has 0 amide bonds. The molecule has 2 aromatic heterocycles. The van der Waals surface area contributed by atoms with Crippen LogP contribution in [0.15, 0.2) is 245 Å². The molecule has 10 aromatic carbocycles. The van der Waals surface area contributed by atoms with Gasteiger partial charge in [-0.25, -0.2) is 9.98 Å². The SMILES string of the molecule is C=C1c2ccc(-c3ccc4c(c3)-c3ccccc3C43c4ccccc4-c4ccccc43)cc2-c2c1cccc2C1=NC(c2cccc3c2oc2ccccc23)=C=CC(c2cccc3sc4ccccc4c23)=N1. The van der Waals surface area contributed by atoms with Crippen LogP contribution in [0.3, 0.4) is 0 Å². The summed E-state index contributed by atoms with van der Waals surface area (Å²) >= 11 is 1.81. The summed E-state index contributed by atoms with van der Waals surface area (Å²) in [6.07, 6.45) is 2.02. The van der Waals surface area contributed by atoms with Gasteiger partial charge in [-0.1, -0.05) is 188 Å². The Morgan fingerprint density at radius 1 is 0.431 bits per heavy atom. The number of aliphatic imine (C=N–C) groups is 2. The minimum atomic E-state index is -0.389. The van der Waals surface area contributed by atoms with Gasteiger partial charge >= 0.3 is 0 Å². The molecule has 0 atom stereocenters. The third-order valence-electron chi connectivity index (χ3n) is 15.7. The van der Waals surface area contributed by atoms with Gasteiger partial charge in [-0.2, -0.15) is 0 Å². The molecule has 0 saturated carbocycles. The van der Waals surface area contributed by atoms with Crippen molar-refractivity contribution >= 4 is 76.3 Å². The van der Waals surface area contributed by atoms with Gasteiger partial charge in [0.2, 0.25) is 0 Å². The number of para-hydroxylation sites is 2. The number of fused-ring (bicyclic) bond motifs is 19. The van der Waals surface area contributed by atoms with Crippen molar-refractivity contribution in [1.82, 2.24) is 0 Å². The summed E-state index contributed by atoms with van der Waals surface area (Å²) in [6.45, 7) is 4.72. The van der Waals surface area contributed by atoms with Crippen molar-refractivity contribution in [3.8, 4) is 44.5 Å². The number of allylic oxidation sites excluding steroid dienone is 1. The van der Waals surface area contributed by atoms with Crippen LogP contribution in [0.4, 0.5) is 0 Å². The third kappa shape index (κ3) is 5.29. The molecule has 0 radical (unpaired) electrons. The zero-order chi connectivity index (χ0) is 47.2. The number of thiophene rings is 1. The predicted molar refractivity (Wildman–Crippen MR) is 299 cm³/mol. The van der Waals surface area contributed by atoms with Gasteiger partial charge in [0.1, 0.15) is 16.9 Å². The lowest BCUT2D eigenvalue weighted by Crippen LogP contribution is -2.25. The summed E-state index contributed by atoms with van der Waals surface area (Å²) in [4.78, 5) is 11.1. The Balaban J connectivity index is 0.887. The van der Waals surface area contributed by atoms with E-state index in [1.54, 1.807) is 11.3 Å². The van der Waals surface area contributed by atoms with E-state index in [2.05, 4.69) is 206 Å². The number of furan rings is 1. The third-order valence-corrected chi connectivity index (χ3v) is 16.8. The molecule has 16 rings (SSSR count). The minimum absolute atomic E-state index is 0.389. The predicted octanol–water partition coefficient (Wildman–Crippen LogP) is 17.5. The lowest BCUT2D eigenvalue weighted by atomic mass is 9.70. The van der Waals surface area contributed by atoms with E-state index in [4.69, 9.17) is 21.0 Å². The summed E-state index contributed by atoms with van der Waals surface area (Å²) in [5.41, 5.74) is 27.4. The number of hydrogen-bond donors (Lipinski definition) is 0. The maximum atomic E-state index is 6.63. The van der Waals surface area contributed by atoms with Crippen molar-refractivity contribution in [1.29, 1.82) is 0 Å². The molecule has 4 aliphatic rings. The number of amidine groups is 1. The van der Waals surface area contributed by atoms with Crippen molar-refractivity contribution in [2.45, 2.75) is 5.41 Å². The van der Waals surface area contributed by atoms with E-state index in [1.807, 2.05) is 18.2 Å². The summed E-state index contributed by atoms with van der Waals surface area (Å²) in [7, 11) is 0. The van der Waals surface area contributed by atoms with Crippen LogP contribution in [0, 0.1) is 0 Å². The van der Waals surface area contributed by atoms with E-state index in [1.165, 1.54) is 64.7 Å². The first-order valence-electron chi connectivity index (χ1n) is 24.5. The van der Waals surface area contributed by atoms with E-state index in [9.17, 15) is 0 Å². The first kappa shape index (κ1) is 39.6. The average Bonchev–Trinajstić information content (AvgIpc) is 4.20. The van der Waals surface area contributed by atoms with Gasteiger partial charge in [0.25, 0.3) is 0 Å². The molecule has 3 nitrogen and oxygen atoms in total. The quantitative estimate of drug-likeness (QED) is 0.162. The lowest BCUT2D eigenvalue weighted by Gasteiger charge is -2.30. The summed E-state index contributed by atoms with van der Waals surface area (Å²) < 4.78 is 9.09. The van der Waals surface area contributed by atoms with Gasteiger partial charge in [0.15, 0.2) is 5.84 Å². The normalized spacial score (nSPS) is 14.5. The largest absolute Gasteiger partial charge is 0.455 e. The Kier molecular flexibility index (Phi) is 8.08. The Morgan fingerprint density at radius 2 is 1.00 bits per heavy atom. The molecule has 72 heavy (non-hydrogen) atoms. The van der Waals surface area contributed by atoms with E-state index < -0.39 is 0 Å². The molecular weight excluding hydrogens is 893 g/mol. The van der Waals surface area contributed by atoms with E-state index in [0.717, 1.165) is 83.3 Å². The van der Waals surface area contributed by atoms with Crippen molar-refractivity contribution in [2.24, 2.45) is 9.98 Å². The second-order valence-electron chi connectivity index (χ2n) is 19.2. The molecule has 3 aliphatic carbocycles. The van der Waals surface area contributed by atoms with E-state index in [-0.39, 0.29) is 5.41 Å². The smallest absolute Gasteiger partial charge is 0.161 e. The fourth-order valence-electron chi connectivity index (χ4n) is 12.7. The molecule has 1 spiro atoms. The van der Waals surface area contributed by atoms with Crippen LogP contribution >= 0.6 is 11.3 Å². The molecule has 12 aromatic rings. The maximum Gasteiger partial charge on any atom is 0.161 e. The molecule has 3 heterocycles. The van der Waals surface area contributed by atoms with Gasteiger partial charge in [0.05, 0.1) is 16.7 Å². The minimum Gasteiger partial charge on any atom is -0.455 e. The van der Waals surface area contributed by atoms with Gasteiger partial charge in [-0.3, -0.25) is 0 Å². The molecule has 4 heteroatoms. The fourth-order valence-corrected chi connectivity index (χ4v) is 13.8. The lowest BCUT2D eigenvalue weighted by molar-refractivity contribution is 0.667. The van der Waals surface area contributed by atoms with Gasteiger partial charge < -0.3 is 4.42 Å². The monoisotopic (exact) mass is 930 g/mol. The average molecular weight is 931 g/mol. The molecule has 0 fully saturated rings. The van der Waals surface area contributed by atoms with Crippen LogP contribution in [0.25, 0.3) is 97.9 Å².